The molecule has 186 valence electrons. The Hall–Kier alpha value is -3.61. The zero-order valence-corrected chi connectivity index (χ0v) is 20.6. The number of ketones is 1. The van der Waals surface area contributed by atoms with Crippen molar-refractivity contribution in [1.82, 2.24) is 14.3 Å². The number of carboxylic acid groups (broad SMARTS) is 1. The fourth-order valence-corrected chi connectivity index (χ4v) is 6.58. The molecular formula is C23H20ClN5O6S. The Morgan fingerprint density at radius 1 is 1.39 bits per heavy atom. The maximum absolute atomic E-state index is 13.3. The maximum atomic E-state index is 13.3. The molecule has 0 radical (unpaired) electrons. The number of carboxylic acids is 1. The number of nitrogens with zero attached hydrogens (tertiary/aromatic N) is 4. The van der Waals surface area contributed by atoms with Gasteiger partial charge in [0.1, 0.15) is 10.5 Å². The fourth-order valence-electron chi connectivity index (χ4n) is 5.08. The SMILES string of the molecule is C[C@@H](O)[C@H]1C(=O)N2C(C(=O)[O-])=C(c3cn4c(Cl)nc(C(=O)c5ccc[n+](CC(N)=O)c5)c4s3)[C@H](C)[C@H]12. The molecule has 2 aliphatic rings. The van der Waals surface area contributed by atoms with Crippen molar-refractivity contribution in [3.05, 3.63) is 57.8 Å². The summed E-state index contributed by atoms with van der Waals surface area (Å²) in [5, 5.41) is 22.1. The number of β-lactam (4-membered cyclic amide) rings is 1. The molecule has 2 amide bonds. The molecule has 4 atom stereocenters. The first-order valence-corrected chi connectivity index (χ1v) is 12.2. The third-order valence-electron chi connectivity index (χ3n) is 6.58. The van der Waals surface area contributed by atoms with E-state index in [2.05, 4.69) is 4.98 Å². The molecule has 0 unspecified atom stereocenters. The number of aromatic nitrogens is 3. The van der Waals surface area contributed by atoms with Crippen molar-refractivity contribution in [3.63, 3.8) is 0 Å². The number of aliphatic hydroxyl groups is 1. The van der Waals surface area contributed by atoms with Gasteiger partial charge < -0.3 is 25.6 Å². The van der Waals surface area contributed by atoms with Crippen LogP contribution in [0, 0.1) is 11.8 Å². The van der Waals surface area contributed by atoms with E-state index in [1.807, 2.05) is 0 Å². The molecule has 5 heterocycles. The third-order valence-corrected chi connectivity index (χ3v) is 7.98. The molecule has 3 N–H and O–H groups in total. The number of aliphatic hydroxyl groups excluding tert-OH is 1. The van der Waals surface area contributed by atoms with Crippen molar-refractivity contribution in [2.75, 3.05) is 0 Å². The summed E-state index contributed by atoms with van der Waals surface area (Å²) in [7, 11) is 0. The molecule has 0 bridgehead atoms. The standard InChI is InChI=1S/C23H20ClN5O6S/c1-9-14(18(22(34)35)29-17(9)15(10(2)30)20(29)33)12-7-28-21(36-12)16(26-23(28)24)19(32)11-4-3-5-27(6-11)8-13(25)31/h3-7,9-10,15,17,30H,8H2,1-2H3,(H2-,25,31,34,35)/t9-,10+,15+,17+/m0/s1. The van der Waals surface area contributed by atoms with E-state index >= 15 is 0 Å². The van der Waals surface area contributed by atoms with Crippen molar-refractivity contribution in [2.24, 2.45) is 17.6 Å². The number of nitrogens with two attached hydrogens (primary N) is 1. The van der Waals surface area contributed by atoms with E-state index in [0.717, 1.165) is 11.3 Å². The van der Waals surface area contributed by atoms with Crippen LogP contribution in [-0.2, 0) is 20.9 Å². The van der Waals surface area contributed by atoms with Gasteiger partial charge in [-0.1, -0.05) is 6.92 Å². The predicted octanol–water partition coefficient (Wildman–Crippen LogP) is -0.628. The number of fused-ring (bicyclic) bond motifs is 2. The lowest BCUT2D eigenvalue weighted by Crippen LogP contribution is -2.64. The van der Waals surface area contributed by atoms with E-state index in [-0.39, 0.29) is 28.8 Å². The molecule has 0 aromatic carbocycles. The van der Waals surface area contributed by atoms with Gasteiger partial charge in [-0.15, -0.1) is 11.3 Å². The van der Waals surface area contributed by atoms with Gasteiger partial charge in [-0.25, -0.2) is 4.98 Å². The number of primary amides is 1. The normalized spacial score (nSPS) is 22.1. The van der Waals surface area contributed by atoms with E-state index in [1.165, 1.54) is 27.0 Å². The average molecular weight is 530 g/mol. The molecular weight excluding hydrogens is 510 g/mol. The second-order valence-electron chi connectivity index (χ2n) is 8.86. The first-order chi connectivity index (χ1) is 17.0. The minimum Gasteiger partial charge on any atom is -0.543 e. The molecule has 0 aliphatic carbocycles. The third kappa shape index (κ3) is 3.52. The molecule has 5 rings (SSSR count). The highest BCUT2D eigenvalue weighted by Gasteiger charge is 2.59. The van der Waals surface area contributed by atoms with Crippen LogP contribution in [0.2, 0.25) is 5.28 Å². The lowest BCUT2D eigenvalue weighted by atomic mass is 9.77. The first kappa shape index (κ1) is 24.1. The molecule has 11 nitrogen and oxygen atoms in total. The largest absolute Gasteiger partial charge is 0.543 e. The van der Waals surface area contributed by atoms with Crippen molar-refractivity contribution >= 4 is 56.9 Å². The number of carbonyl (C=O) groups excluding carboxylic acids is 4. The summed E-state index contributed by atoms with van der Waals surface area (Å²) in [4.78, 5) is 55.5. The van der Waals surface area contributed by atoms with Crippen molar-refractivity contribution in [1.29, 1.82) is 0 Å². The Morgan fingerprint density at radius 3 is 2.75 bits per heavy atom. The Bertz CT molecular complexity index is 1510. The summed E-state index contributed by atoms with van der Waals surface area (Å²) < 4.78 is 2.95. The molecule has 1 saturated heterocycles. The minimum atomic E-state index is -1.50. The molecule has 3 aromatic heterocycles. The molecule has 0 spiro atoms. The monoisotopic (exact) mass is 529 g/mol. The number of aliphatic carboxylic acids is 1. The summed E-state index contributed by atoms with van der Waals surface area (Å²) in [5.74, 6) is -4.12. The maximum Gasteiger partial charge on any atom is 0.283 e. The van der Waals surface area contributed by atoms with Crippen LogP contribution in [0.1, 0.15) is 34.8 Å². The van der Waals surface area contributed by atoms with E-state index in [0.29, 0.717) is 15.3 Å². The Balaban J connectivity index is 1.58. The number of pyridine rings is 1. The Labute approximate surface area is 213 Å². The molecule has 2 aliphatic heterocycles. The molecule has 13 heteroatoms. The zero-order chi connectivity index (χ0) is 26.0. The highest BCUT2D eigenvalue weighted by atomic mass is 35.5. The number of hydrogen-bond donors (Lipinski definition) is 2. The predicted molar refractivity (Wildman–Crippen MR) is 124 cm³/mol. The second kappa shape index (κ2) is 8.50. The first-order valence-electron chi connectivity index (χ1n) is 11.0. The Kier molecular flexibility index (Phi) is 5.69. The van der Waals surface area contributed by atoms with Gasteiger partial charge in [0.15, 0.2) is 12.4 Å². The fraction of sp³-hybridized carbons (Fsp3) is 0.304. The second-order valence-corrected chi connectivity index (χ2v) is 10.2. The van der Waals surface area contributed by atoms with Gasteiger partial charge in [-0.2, -0.15) is 4.57 Å². The summed E-state index contributed by atoms with van der Waals surface area (Å²) in [6.07, 6.45) is 3.71. The molecule has 3 aromatic rings. The van der Waals surface area contributed by atoms with Crippen LogP contribution in [0.3, 0.4) is 0 Å². The lowest BCUT2D eigenvalue weighted by Gasteiger charge is -2.47. The van der Waals surface area contributed by atoms with Crippen LogP contribution in [0.4, 0.5) is 0 Å². The van der Waals surface area contributed by atoms with Gasteiger partial charge in [0, 0.05) is 23.8 Å². The summed E-state index contributed by atoms with van der Waals surface area (Å²) in [6.45, 7) is 3.18. The quantitative estimate of drug-likeness (QED) is 0.234. The van der Waals surface area contributed by atoms with Crippen molar-refractivity contribution in [3.8, 4) is 0 Å². The van der Waals surface area contributed by atoms with Gasteiger partial charge in [0.25, 0.3) is 5.91 Å². The van der Waals surface area contributed by atoms with Gasteiger partial charge in [0.2, 0.25) is 23.5 Å². The van der Waals surface area contributed by atoms with Crippen LogP contribution < -0.4 is 15.4 Å². The van der Waals surface area contributed by atoms with Gasteiger partial charge >= 0.3 is 0 Å². The number of amides is 2. The highest BCUT2D eigenvalue weighted by molar-refractivity contribution is 7.18. The van der Waals surface area contributed by atoms with Crippen LogP contribution >= 0.6 is 22.9 Å². The molecule has 36 heavy (non-hydrogen) atoms. The number of imidazole rings is 1. The van der Waals surface area contributed by atoms with Crippen LogP contribution in [-0.4, -0.2) is 55.1 Å². The van der Waals surface area contributed by atoms with Crippen LogP contribution in [0.25, 0.3) is 10.4 Å². The highest BCUT2D eigenvalue weighted by Crippen LogP contribution is 2.51. The number of carbonyl (C=O) groups is 4. The number of thiazole rings is 1. The van der Waals surface area contributed by atoms with E-state index < -0.39 is 47.5 Å². The summed E-state index contributed by atoms with van der Waals surface area (Å²) in [6, 6.07) is 2.65. The Morgan fingerprint density at radius 2 is 2.11 bits per heavy atom. The topological polar surface area (TPSA) is 162 Å². The summed E-state index contributed by atoms with van der Waals surface area (Å²) in [5.41, 5.74) is 5.67. The smallest absolute Gasteiger partial charge is 0.283 e. The number of halogens is 1. The molecule has 1 fully saturated rings. The average Bonchev–Trinajstić information content (AvgIpc) is 3.42. The lowest BCUT2D eigenvalue weighted by molar-refractivity contribution is -0.684. The van der Waals surface area contributed by atoms with Gasteiger partial charge in [-0.3, -0.25) is 18.8 Å². The van der Waals surface area contributed by atoms with Gasteiger partial charge in [-0.05, 0) is 24.6 Å². The van der Waals surface area contributed by atoms with E-state index in [9.17, 15) is 29.4 Å². The summed E-state index contributed by atoms with van der Waals surface area (Å²) >= 11 is 7.43. The van der Waals surface area contributed by atoms with Gasteiger partial charge in [0.05, 0.1) is 40.2 Å². The van der Waals surface area contributed by atoms with E-state index in [1.54, 1.807) is 31.5 Å². The number of rotatable bonds is 7. The minimum absolute atomic E-state index is 0.000690. The van der Waals surface area contributed by atoms with Crippen LogP contribution in [0.5, 0.6) is 0 Å². The van der Waals surface area contributed by atoms with Crippen molar-refractivity contribution in [2.45, 2.75) is 32.5 Å². The van der Waals surface area contributed by atoms with E-state index in [4.69, 9.17) is 17.3 Å². The molecule has 0 saturated carbocycles. The van der Waals surface area contributed by atoms with Crippen LogP contribution in [0.15, 0.2) is 36.4 Å². The number of hydrogen-bond acceptors (Lipinski definition) is 8. The van der Waals surface area contributed by atoms with Crippen molar-refractivity contribution < 1.29 is 34.0 Å². The zero-order valence-electron chi connectivity index (χ0n) is 19.0.